The van der Waals surface area contributed by atoms with Crippen LogP contribution in [0.4, 0.5) is 0 Å². The van der Waals surface area contributed by atoms with Crippen molar-refractivity contribution in [2.45, 2.75) is 71.6 Å². The van der Waals surface area contributed by atoms with Gasteiger partial charge in [0.15, 0.2) is 0 Å². The SMILES string of the molecule is CCC1NC(CC(C)C)N(CC(C)N2CCCC2)C1=O. The van der Waals surface area contributed by atoms with Gasteiger partial charge in [-0.15, -0.1) is 0 Å². The van der Waals surface area contributed by atoms with Gasteiger partial charge in [-0.2, -0.15) is 0 Å². The van der Waals surface area contributed by atoms with Gasteiger partial charge < -0.3 is 4.90 Å². The number of hydrogen-bond donors (Lipinski definition) is 1. The first-order valence-electron chi connectivity index (χ1n) is 8.33. The third-order valence-electron chi connectivity index (χ3n) is 4.68. The van der Waals surface area contributed by atoms with Crippen LogP contribution < -0.4 is 5.32 Å². The third-order valence-corrected chi connectivity index (χ3v) is 4.68. The molecule has 0 radical (unpaired) electrons. The molecule has 0 bridgehead atoms. The zero-order valence-corrected chi connectivity index (χ0v) is 13.6. The van der Waals surface area contributed by atoms with E-state index >= 15 is 0 Å². The van der Waals surface area contributed by atoms with Gasteiger partial charge in [0.1, 0.15) is 0 Å². The molecule has 4 heteroatoms. The minimum Gasteiger partial charge on any atom is -0.324 e. The Balaban J connectivity index is 1.99. The van der Waals surface area contributed by atoms with Crippen molar-refractivity contribution in [3.63, 3.8) is 0 Å². The lowest BCUT2D eigenvalue weighted by molar-refractivity contribution is -0.130. The highest BCUT2D eigenvalue weighted by Gasteiger charge is 2.38. The second-order valence-electron chi connectivity index (χ2n) is 6.86. The lowest BCUT2D eigenvalue weighted by atomic mass is 10.1. The van der Waals surface area contributed by atoms with Gasteiger partial charge >= 0.3 is 0 Å². The highest BCUT2D eigenvalue weighted by atomic mass is 16.2. The molecule has 0 aromatic carbocycles. The summed E-state index contributed by atoms with van der Waals surface area (Å²) in [7, 11) is 0. The number of nitrogens with one attached hydrogen (secondary N) is 1. The molecule has 0 aromatic rings. The molecule has 4 nitrogen and oxygen atoms in total. The van der Waals surface area contributed by atoms with E-state index in [1.807, 2.05) is 0 Å². The molecule has 116 valence electrons. The largest absolute Gasteiger partial charge is 0.324 e. The molecule has 1 N–H and O–H groups in total. The summed E-state index contributed by atoms with van der Waals surface area (Å²) in [4.78, 5) is 17.2. The van der Waals surface area contributed by atoms with Crippen molar-refractivity contribution in [1.82, 2.24) is 15.1 Å². The predicted molar refractivity (Wildman–Crippen MR) is 82.4 cm³/mol. The Labute approximate surface area is 123 Å². The molecule has 2 heterocycles. The van der Waals surface area contributed by atoms with Crippen LogP contribution in [-0.4, -0.2) is 53.6 Å². The quantitative estimate of drug-likeness (QED) is 0.809. The molecule has 1 amide bonds. The number of likely N-dealkylation sites (tertiary alicyclic amines) is 1. The average molecular weight is 281 g/mol. The fraction of sp³-hybridized carbons (Fsp3) is 0.938. The van der Waals surface area contributed by atoms with E-state index in [0.717, 1.165) is 19.4 Å². The van der Waals surface area contributed by atoms with Crippen molar-refractivity contribution in [3.8, 4) is 0 Å². The number of carbonyl (C=O) groups excluding carboxylic acids is 1. The minimum absolute atomic E-state index is 0.0320. The number of nitrogens with zero attached hydrogens (tertiary/aromatic N) is 2. The normalized spacial score (nSPS) is 29.6. The molecule has 0 saturated carbocycles. The Morgan fingerprint density at radius 3 is 2.45 bits per heavy atom. The van der Waals surface area contributed by atoms with Crippen molar-refractivity contribution in [2.24, 2.45) is 5.92 Å². The molecule has 0 spiro atoms. The smallest absolute Gasteiger partial charge is 0.241 e. The second kappa shape index (κ2) is 6.90. The van der Waals surface area contributed by atoms with Crippen molar-refractivity contribution >= 4 is 5.91 Å². The third kappa shape index (κ3) is 3.53. The summed E-state index contributed by atoms with van der Waals surface area (Å²) in [6, 6.07) is 0.512. The first kappa shape index (κ1) is 15.8. The predicted octanol–water partition coefficient (Wildman–Crippen LogP) is 2.05. The Morgan fingerprint density at radius 2 is 1.90 bits per heavy atom. The van der Waals surface area contributed by atoms with Crippen LogP contribution in [0.1, 0.15) is 53.4 Å². The standard InChI is InChI=1S/C16H31N3O/c1-5-14-16(20)19(15(17-14)10-12(2)3)11-13(4)18-8-6-7-9-18/h12-15,17H,5-11H2,1-4H3. The molecule has 2 aliphatic heterocycles. The van der Waals surface area contributed by atoms with E-state index in [2.05, 4.69) is 42.8 Å². The number of rotatable bonds is 6. The van der Waals surface area contributed by atoms with Crippen molar-refractivity contribution in [3.05, 3.63) is 0 Å². The number of hydrogen-bond acceptors (Lipinski definition) is 3. The average Bonchev–Trinajstić information content (AvgIpc) is 3.01. The molecule has 0 aromatic heterocycles. The van der Waals surface area contributed by atoms with Crippen LogP contribution in [0.5, 0.6) is 0 Å². The zero-order chi connectivity index (χ0) is 14.7. The lowest BCUT2D eigenvalue weighted by Gasteiger charge is -2.32. The van der Waals surface area contributed by atoms with Crippen molar-refractivity contribution in [2.75, 3.05) is 19.6 Å². The van der Waals surface area contributed by atoms with E-state index in [-0.39, 0.29) is 12.2 Å². The van der Waals surface area contributed by atoms with E-state index < -0.39 is 0 Å². The molecule has 2 fully saturated rings. The molecule has 2 aliphatic rings. The summed E-state index contributed by atoms with van der Waals surface area (Å²) in [5, 5.41) is 3.53. The van der Waals surface area contributed by atoms with Crippen LogP contribution in [0.2, 0.25) is 0 Å². The first-order valence-corrected chi connectivity index (χ1v) is 8.33. The molecule has 2 rings (SSSR count). The van der Waals surface area contributed by atoms with Crippen LogP contribution in [0, 0.1) is 5.92 Å². The second-order valence-corrected chi connectivity index (χ2v) is 6.86. The summed E-state index contributed by atoms with van der Waals surface area (Å²) < 4.78 is 0. The first-order chi connectivity index (χ1) is 9.52. The van der Waals surface area contributed by atoms with E-state index in [4.69, 9.17) is 0 Å². The number of amides is 1. The van der Waals surface area contributed by atoms with Gasteiger partial charge in [-0.1, -0.05) is 20.8 Å². The Morgan fingerprint density at radius 1 is 1.25 bits per heavy atom. The van der Waals surface area contributed by atoms with Crippen molar-refractivity contribution < 1.29 is 4.79 Å². The van der Waals surface area contributed by atoms with Gasteiger partial charge in [0.2, 0.25) is 5.91 Å². The Kier molecular flexibility index (Phi) is 5.44. The van der Waals surface area contributed by atoms with E-state index in [0.29, 0.717) is 17.9 Å². The maximum Gasteiger partial charge on any atom is 0.241 e. The van der Waals surface area contributed by atoms with Crippen molar-refractivity contribution in [1.29, 1.82) is 0 Å². The van der Waals surface area contributed by atoms with Crippen LogP contribution >= 0.6 is 0 Å². The molecule has 20 heavy (non-hydrogen) atoms. The summed E-state index contributed by atoms with van der Waals surface area (Å²) in [6.45, 7) is 12.1. The topological polar surface area (TPSA) is 35.6 Å². The molecule has 0 aliphatic carbocycles. The minimum atomic E-state index is 0.0320. The van der Waals surface area contributed by atoms with E-state index in [9.17, 15) is 4.79 Å². The highest BCUT2D eigenvalue weighted by Crippen LogP contribution is 2.21. The van der Waals surface area contributed by atoms with Crippen LogP contribution in [0.15, 0.2) is 0 Å². The van der Waals surface area contributed by atoms with Gasteiger partial charge in [-0.3, -0.25) is 15.0 Å². The molecule has 3 unspecified atom stereocenters. The summed E-state index contributed by atoms with van der Waals surface area (Å²) >= 11 is 0. The molecule has 2 saturated heterocycles. The molecular weight excluding hydrogens is 250 g/mol. The van der Waals surface area contributed by atoms with Gasteiger partial charge in [-0.25, -0.2) is 0 Å². The molecule has 3 atom stereocenters. The van der Waals surface area contributed by atoms with Gasteiger partial charge in [-0.05, 0) is 51.6 Å². The van der Waals surface area contributed by atoms with Crippen LogP contribution in [0.25, 0.3) is 0 Å². The lowest BCUT2D eigenvalue weighted by Crippen LogP contribution is -2.46. The summed E-state index contributed by atoms with van der Waals surface area (Å²) in [5.41, 5.74) is 0. The van der Waals surface area contributed by atoms with Crippen LogP contribution in [0.3, 0.4) is 0 Å². The fourth-order valence-electron chi connectivity index (χ4n) is 3.48. The van der Waals surface area contributed by atoms with Gasteiger partial charge in [0.05, 0.1) is 12.2 Å². The van der Waals surface area contributed by atoms with Gasteiger partial charge in [0, 0.05) is 12.6 Å². The maximum absolute atomic E-state index is 12.5. The van der Waals surface area contributed by atoms with E-state index in [1.54, 1.807) is 0 Å². The maximum atomic E-state index is 12.5. The van der Waals surface area contributed by atoms with E-state index in [1.165, 1.54) is 25.9 Å². The Bertz CT molecular complexity index is 326. The Hall–Kier alpha value is -0.610. The van der Waals surface area contributed by atoms with Crippen LogP contribution in [-0.2, 0) is 4.79 Å². The van der Waals surface area contributed by atoms with Gasteiger partial charge in [0.25, 0.3) is 0 Å². The highest BCUT2D eigenvalue weighted by molar-refractivity contribution is 5.84. The monoisotopic (exact) mass is 281 g/mol. The summed E-state index contributed by atoms with van der Waals surface area (Å²) in [5.74, 6) is 0.921. The zero-order valence-electron chi connectivity index (χ0n) is 13.6. The fourth-order valence-corrected chi connectivity index (χ4v) is 3.48. The number of carbonyl (C=O) groups is 1. The summed E-state index contributed by atoms with van der Waals surface area (Å²) in [6.07, 6.45) is 4.79. The molecular formula is C16H31N3O.